The number of carbonyl (C=O) groups excluding carboxylic acids is 1. The van der Waals surface area contributed by atoms with Crippen LogP contribution in [0.3, 0.4) is 0 Å². The van der Waals surface area contributed by atoms with Crippen LogP contribution in [0, 0.1) is 0 Å². The number of urea groups is 1. The van der Waals surface area contributed by atoms with Gasteiger partial charge in [-0.25, -0.2) is 14.6 Å². The van der Waals surface area contributed by atoms with Crippen LogP contribution < -0.4 is 5.32 Å². The van der Waals surface area contributed by atoms with Crippen molar-refractivity contribution in [1.82, 2.24) is 25.4 Å². The van der Waals surface area contributed by atoms with Gasteiger partial charge in [0, 0.05) is 6.54 Å². The van der Waals surface area contributed by atoms with Gasteiger partial charge in [-0.15, -0.1) is 0 Å². The molecule has 0 bridgehead atoms. The summed E-state index contributed by atoms with van der Waals surface area (Å²) in [6, 6.07) is -0.377. The Labute approximate surface area is 110 Å². The molecular weight excluding hydrogens is 250 g/mol. The van der Waals surface area contributed by atoms with Crippen LogP contribution in [-0.4, -0.2) is 49.3 Å². The number of aromatic amines is 1. The molecule has 1 fully saturated rings. The van der Waals surface area contributed by atoms with E-state index in [1.807, 2.05) is 0 Å². The fourth-order valence-corrected chi connectivity index (χ4v) is 2.49. The molecule has 1 atom stereocenters. The maximum atomic E-state index is 12.1. The van der Waals surface area contributed by atoms with Crippen LogP contribution >= 0.6 is 0 Å². The molecule has 0 aliphatic carbocycles. The minimum Gasteiger partial charge on any atom is -0.479 e. The molecule has 104 valence electrons. The third-order valence-electron chi connectivity index (χ3n) is 3.59. The highest BCUT2D eigenvalue weighted by Gasteiger charge is 2.48. The number of nitrogens with zero attached hydrogens (tertiary/aromatic N) is 3. The van der Waals surface area contributed by atoms with Gasteiger partial charge in [0.25, 0.3) is 0 Å². The van der Waals surface area contributed by atoms with E-state index in [4.69, 9.17) is 0 Å². The highest BCUT2D eigenvalue weighted by atomic mass is 16.4. The molecule has 2 rings (SSSR count). The van der Waals surface area contributed by atoms with Crippen molar-refractivity contribution in [2.45, 2.75) is 38.3 Å². The van der Waals surface area contributed by atoms with Gasteiger partial charge in [-0.1, -0.05) is 6.92 Å². The molecule has 8 heteroatoms. The summed E-state index contributed by atoms with van der Waals surface area (Å²) in [6.45, 7) is 2.45. The molecule has 0 spiro atoms. The molecule has 1 aliphatic heterocycles. The Bertz CT molecular complexity index is 461. The van der Waals surface area contributed by atoms with Gasteiger partial charge in [-0.3, -0.25) is 5.10 Å². The minimum absolute atomic E-state index is 0.203. The van der Waals surface area contributed by atoms with Crippen molar-refractivity contribution in [1.29, 1.82) is 0 Å². The number of amides is 2. The fraction of sp³-hybridized carbons (Fsp3) is 0.636. The highest BCUT2D eigenvalue weighted by Crippen LogP contribution is 2.32. The number of carboxylic acids is 1. The maximum absolute atomic E-state index is 12.1. The van der Waals surface area contributed by atoms with Crippen LogP contribution in [0.2, 0.25) is 0 Å². The van der Waals surface area contributed by atoms with Crippen LogP contribution in [0.5, 0.6) is 0 Å². The Morgan fingerprint density at radius 2 is 2.42 bits per heavy atom. The Balaban J connectivity index is 2.03. The summed E-state index contributed by atoms with van der Waals surface area (Å²) >= 11 is 0. The summed E-state index contributed by atoms with van der Waals surface area (Å²) in [5.74, 6) is -0.410. The van der Waals surface area contributed by atoms with E-state index in [1.165, 1.54) is 11.2 Å². The van der Waals surface area contributed by atoms with Crippen LogP contribution in [0.15, 0.2) is 6.33 Å². The lowest BCUT2D eigenvalue weighted by Crippen LogP contribution is -2.55. The summed E-state index contributed by atoms with van der Waals surface area (Å²) in [6.07, 6.45) is 2.95. The first-order chi connectivity index (χ1) is 9.10. The first-order valence-electron chi connectivity index (χ1n) is 6.23. The standard InChI is InChI=1S/C11H17N5O3/c1-2-11(9(17)18)4-3-5-16(11)10(19)12-6-8-13-7-14-15-8/h7H,2-6H2,1H3,(H,12,19)(H,17,18)(H,13,14,15). The predicted molar refractivity (Wildman–Crippen MR) is 65.2 cm³/mol. The van der Waals surface area contributed by atoms with Gasteiger partial charge in [0.1, 0.15) is 17.7 Å². The number of carbonyl (C=O) groups is 2. The van der Waals surface area contributed by atoms with Crippen molar-refractivity contribution in [2.75, 3.05) is 6.54 Å². The number of H-pyrrole nitrogens is 1. The molecule has 0 saturated carbocycles. The smallest absolute Gasteiger partial charge is 0.329 e. The normalized spacial score (nSPS) is 22.5. The summed E-state index contributed by atoms with van der Waals surface area (Å²) in [7, 11) is 0. The lowest BCUT2D eigenvalue weighted by Gasteiger charge is -2.33. The van der Waals surface area contributed by atoms with E-state index < -0.39 is 11.5 Å². The highest BCUT2D eigenvalue weighted by molar-refractivity contribution is 5.87. The number of hydrogen-bond acceptors (Lipinski definition) is 4. The topological polar surface area (TPSA) is 111 Å². The average molecular weight is 267 g/mol. The van der Waals surface area contributed by atoms with Crippen LogP contribution in [0.1, 0.15) is 32.0 Å². The number of likely N-dealkylation sites (tertiary alicyclic amines) is 1. The van der Waals surface area contributed by atoms with E-state index in [-0.39, 0.29) is 12.6 Å². The van der Waals surface area contributed by atoms with Gasteiger partial charge in [-0.2, -0.15) is 5.10 Å². The van der Waals surface area contributed by atoms with Crippen molar-refractivity contribution in [3.05, 3.63) is 12.2 Å². The van der Waals surface area contributed by atoms with Crippen molar-refractivity contribution in [3.8, 4) is 0 Å². The van der Waals surface area contributed by atoms with Gasteiger partial charge >= 0.3 is 12.0 Å². The molecule has 8 nitrogen and oxygen atoms in total. The summed E-state index contributed by atoms with van der Waals surface area (Å²) in [5.41, 5.74) is -1.08. The third kappa shape index (κ3) is 2.38. The molecule has 1 aliphatic rings. The van der Waals surface area contributed by atoms with Gasteiger partial charge in [0.2, 0.25) is 0 Å². The van der Waals surface area contributed by atoms with Crippen LogP contribution in [-0.2, 0) is 11.3 Å². The van der Waals surface area contributed by atoms with Crippen LogP contribution in [0.25, 0.3) is 0 Å². The number of carboxylic acid groups (broad SMARTS) is 1. The number of aliphatic carboxylic acids is 1. The Morgan fingerprint density at radius 1 is 1.63 bits per heavy atom. The first-order valence-corrected chi connectivity index (χ1v) is 6.23. The minimum atomic E-state index is -1.08. The zero-order valence-corrected chi connectivity index (χ0v) is 10.7. The molecule has 0 aromatic carbocycles. The zero-order chi connectivity index (χ0) is 13.9. The number of rotatable bonds is 4. The SMILES string of the molecule is CCC1(C(=O)O)CCCN1C(=O)NCc1ncn[nH]1. The molecule has 1 saturated heterocycles. The lowest BCUT2D eigenvalue weighted by atomic mass is 9.93. The van der Waals surface area contributed by atoms with E-state index in [2.05, 4.69) is 20.5 Å². The molecule has 19 heavy (non-hydrogen) atoms. The quantitative estimate of drug-likeness (QED) is 0.728. The molecular formula is C11H17N5O3. The molecule has 2 heterocycles. The monoisotopic (exact) mass is 267 g/mol. The molecule has 0 radical (unpaired) electrons. The van der Waals surface area contributed by atoms with Gasteiger partial charge in [-0.05, 0) is 19.3 Å². The lowest BCUT2D eigenvalue weighted by molar-refractivity contribution is -0.148. The number of aromatic nitrogens is 3. The summed E-state index contributed by atoms with van der Waals surface area (Å²) in [4.78, 5) is 28.9. The Hall–Kier alpha value is -2.12. The van der Waals surface area contributed by atoms with E-state index in [1.54, 1.807) is 6.92 Å². The predicted octanol–water partition coefficient (Wildman–Crippen LogP) is 0.343. The Morgan fingerprint density at radius 3 is 3.00 bits per heavy atom. The van der Waals surface area contributed by atoms with E-state index in [0.29, 0.717) is 31.6 Å². The zero-order valence-electron chi connectivity index (χ0n) is 10.7. The molecule has 1 unspecified atom stereocenters. The van der Waals surface area contributed by atoms with Gasteiger partial charge < -0.3 is 15.3 Å². The maximum Gasteiger partial charge on any atom is 0.329 e. The molecule has 3 N–H and O–H groups in total. The first kappa shape index (κ1) is 13.3. The number of hydrogen-bond donors (Lipinski definition) is 3. The van der Waals surface area contributed by atoms with Crippen molar-refractivity contribution < 1.29 is 14.7 Å². The van der Waals surface area contributed by atoms with E-state index >= 15 is 0 Å². The number of nitrogens with one attached hydrogen (secondary N) is 2. The van der Waals surface area contributed by atoms with Gasteiger partial charge in [0.05, 0.1) is 6.54 Å². The molecule has 1 aromatic rings. The van der Waals surface area contributed by atoms with Crippen molar-refractivity contribution in [2.24, 2.45) is 0 Å². The van der Waals surface area contributed by atoms with Crippen molar-refractivity contribution >= 4 is 12.0 Å². The second-order valence-electron chi connectivity index (χ2n) is 4.54. The second-order valence-corrected chi connectivity index (χ2v) is 4.54. The van der Waals surface area contributed by atoms with E-state index in [9.17, 15) is 14.7 Å². The summed E-state index contributed by atoms with van der Waals surface area (Å²) in [5, 5.41) is 18.4. The molecule has 2 amide bonds. The van der Waals surface area contributed by atoms with Crippen molar-refractivity contribution in [3.63, 3.8) is 0 Å². The Kier molecular flexibility index (Phi) is 3.68. The largest absolute Gasteiger partial charge is 0.479 e. The summed E-state index contributed by atoms with van der Waals surface area (Å²) < 4.78 is 0. The van der Waals surface area contributed by atoms with Crippen LogP contribution in [0.4, 0.5) is 4.79 Å². The third-order valence-corrected chi connectivity index (χ3v) is 3.59. The average Bonchev–Trinajstić information content (AvgIpc) is 3.05. The van der Waals surface area contributed by atoms with E-state index in [0.717, 1.165) is 0 Å². The van der Waals surface area contributed by atoms with Gasteiger partial charge in [0.15, 0.2) is 0 Å². The second kappa shape index (κ2) is 5.25. The fourth-order valence-electron chi connectivity index (χ4n) is 2.49. The molecule has 1 aromatic heterocycles.